The molecule has 1 atom stereocenters. The van der Waals surface area contributed by atoms with Gasteiger partial charge in [-0.3, -0.25) is 9.69 Å². The van der Waals surface area contributed by atoms with Crippen molar-refractivity contribution in [1.29, 1.82) is 0 Å². The highest BCUT2D eigenvalue weighted by atomic mass is 16.5. The number of amides is 1. The molecule has 112 valence electrons. The average Bonchev–Trinajstić information content (AvgIpc) is 2.94. The molecule has 0 spiro atoms. The van der Waals surface area contributed by atoms with Crippen LogP contribution in [-0.4, -0.2) is 56.8 Å². The van der Waals surface area contributed by atoms with Crippen LogP contribution < -0.4 is 5.32 Å². The van der Waals surface area contributed by atoms with E-state index < -0.39 is 0 Å². The van der Waals surface area contributed by atoms with Crippen molar-refractivity contribution >= 4 is 5.91 Å². The summed E-state index contributed by atoms with van der Waals surface area (Å²) in [6.07, 6.45) is 0. The lowest BCUT2D eigenvalue weighted by molar-refractivity contribution is 0.0203. The SMILES string of the molecule is COCc1ccc(C(=O)NCC(C)N2CCOCC2)o1. The number of hydrogen-bond donors (Lipinski definition) is 1. The van der Waals surface area contributed by atoms with Crippen molar-refractivity contribution in [3.05, 3.63) is 23.7 Å². The number of furan rings is 1. The van der Waals surface area contributed by atoms with Gasteiger partial charge in [-0.15, -0.1) is 0 Å². The molecule has 2 heterocycles. The summed E-state index contributed by atoms with van der Waals surface area (Å²) in [4.78, 5) is 14.3. The van der Waals surface area contributed by atoms with Crippen LogP contribution in [0.25, 0.3) is 0 Å². The van der Waals surface area contributed by atoms with Gasteiger partial charge in [-0.25, -0.2) is 0 Å². The molecule has 1 aromatic heterocycles. The van der Waals surface area contributed by atoms with E-state index in [0.29, 0.717) is 24.7 Å². The maximum atomic E-state index is 12.0. The van der Waals surface area contributed by atoms with Crippen LogP contribution in [0.3, 0.4) is 0 Å². The van der Waals surface area contributed by atoms with Gasteiger partial charge < -0.3 is 19.2 Å². The van der Waals surface area contributed by atoms with Crippen molar-refractivity contribution in [3.63, 3.8) is 0 Å². The third-order valence-corrected chi connectivity index (χ3v) is 3.40. The topological polar surface area (TPSA) is 63.9 Å². The first kappa shape index (κ1) is 15.0. The zero-order chi connectivity index (χ0) is 14.4. The Hall–Kier alpha value is -1.37. The fourth-order valence-electron chi connectivity index (χ4n) is 2.19. The summed E-state index contributed by atoms with van der Waals surface area (Å²) in [5, 5.41) is 2.90. The van der Waals surface area contributed by atoms with Crippen LogP contribution in [0.2, 0.25) is 0 Å². The predicted octanol–water partition coefficient (Wildman–Crippen LogP) is 0.877. The molecule has 2 rings (SSSR count). The molecule has 1 aliphatic rings. The molecule has 0 aromatic carbocycles. The highest BCUT2D eigenvalue weighted by molar-refractivity contribution is 5.91. The van der Waals surface area contributed by atoms with E-state index in [2.05, 4.69) is 17.1 Å². The monoisotopic (exact) mass is 282 g/mol. The zero-order valence-corrected chi connectivity index (χ0v) is 12.1. The Morgan fingerprint density at radius 2 is 2.20 bits per heavy atom. The minimum absolute atomic E-state index is 0.188. The van der Waals surface area contributed by atoms with Crippen molar-refractivity contribution in [1.82, 2.24) is 10.2 Å². The summed E-state index contributed by atoms with van der Waals surface area (Å²) in [6.45, 7) is 6.42. The van der Waals surface area contributed by atoms with E-state index in [4.69, 9.17) is 13.9 Å². The molecule has 1 amide bonds. The Balaban J connectivity index is 1.78. The van der Waals surface area contributed by atoms with Gasteiger partial charge in [-0.1, -0.05) is 0 Å². The van der Waals surface area contributed by atoms with Crippen LogP contribution in [0.5, 0.6) is 0 Å². The summed E-state index contributed by atoms with van der Waals surface area (Å²) in [6, 6.07) is 3.71. The molecule has 0 radical (unpaired) electrons. The molecule has 1 saturated heterocycles. The highest BCUT2D eigenvalue weighted by Gasteiger charge is 2.18. The second-order valence-electron chi connectivity index (χ2n) is 4.91. The molecule has 6 nitrogen and oxygen atoms in total. The second kappa shape index (κ2) is 7.42. The predicted molar refractivity (Wildman–Crippen MR) is 73.6 cm³/mol. The number of methoxy groups -OCH3 is 1. The van der Waals surface area contributed by atoms with Crippen molar-refractivity contribution in [2.75, 3.05) is 40.0 Å². The number of hydrogen-bond acceptors (Lipinski definition) is 5. The van der Waals surface area contributed by atoms with Crippen LogP contribution in [0, 0.1) is 0 Å². The van der Waals surface area contributed by atoms with Gasteiger partial charge in [0.2, 0.25) is 0 Å². The summed E-state index contributed by atoms with van der Waals surface area (Å²) >= 11 is 0. The normalized spacial score (nSPS) is 17.9. The van der Waals surface area contributed by atoms with Gasteiger partial charge in [-0.2, -0.15) is 0 Å². The third kappa shape index (κ3) is 4.06. The molecule has 1 unspecified atom stereocenters. The molecule has 1 aromatic rings. The number of rotatable bonds is 6. The number of nitrogens with zero attached hydrogens (tertiary/aromatic N) is 1. The summed E-state index contributed by atoms with van der Waals surface area (Å²) in [5.74, 6) is 0.789. The van der Waals surface area contributed by atoms with Gasteiger partial charge in [0.05, 0.1) is 13.2 Å². The first-order valence-electron chi connectivity index (χ1n) is 6.88. The standard InChI is InChI=1S/C14H22N2O4/c1-11(16-5-7-19-8-6-16)9-15-14(17)13-4-3-12(20-13)10-18-2/h3-4,11H,5-10H2,1-2H3,(H,15,17). The number of carbonyl (C=O) groups is 1. The quantitative estimate of drug-likeness (QED) is 0.839. The summed E-state index contributed by atoms with van der Waals surface area (Å²) in [7, 11) is 1.59. The Kier molecular flexibility index (Phi) is 5.58. The van der Waals surface area contributed by atoms with Crippen molar-refractivity contribution < 1.29 is 18.7 Å². The fourth-order valence-corrected chi connectivity index (χ4v) is 2.19. The van der Waals surface area contributed by atoms with Crippen molar-refractivity contribution in [2.24, 2.45) is 0 Å². The number of morpholine rings is 1. The Morgan fingerprint density at radius 1 is 1.45 bits per heavy atom. The van der Waals surface area contributed by atoms with Gasteiger partial charge in [0.15, 0.2) is 5.76 Å². The highest BCUT2D eigenvalue weighted by Crippen LogP contribution is 2.09. The van der Waals surface area contributed by atoms with E-state index in [0.717, 1.165) is 26.3 Å². The molecule has 20 heavy (non-hydrogen) atoms. The van der Waals surface area contributed by atoms with E-state index in [1.165, 1.54) is 0 Å². The lowest BCUT2D eigenvalue weighted by Gasteiger charge is -2.32. The van der Waals surface area contributed by atoms with Crippen LogP contribution >= 0.6 is 0 Å². The lowest BCUT2D eigenvalue weighted by atomic mass is 10.2. The minimum Gasteiger partial charge on any atom is -0.453 e. The molecule has 0 saturated carbocycles. The van der Waals surface area contributed by atoms with E-state index >= 15 is 0 Å². The molecule has 0 aliphatic carbocycles. The van der Waals surface area contributed by atoms with Crippen LogP contribution in [-0.2, 0) is 16.1 Å². The fraction of sp³-hybridized carbons (Fsp3) is 0.643. The van der Waals surface area contributed by atoms with Crippen LogP contribution in [0.15, 0.2) is 16.5 Å². The molecule has 6 heteroatoms. The molecule has 0 bridgehead atoms. The van der Waals surface area contributed by atoms with Crippen LogP contribution in [0.4, 0.5) is 0 Å². The number of carbonyl (C=O) groups excluding carboxylic acids is 1. The smallest absolute Gasteiger partial charge is 0.287 e. The first-order chi connectivity index (χ1) is 9.70. The second-order valence-corrected chi connectivity index (χ2v) is 4.91. The largest absolute Gasteiger partial charge is 0.453 e. The Bertz CT molecular complexity index is 427. The molecular weight excluding hydrogens is 260 g/mol. The zero-order valence-electron chi connectivity index (χ0n) is 12.1. The van der Waals surface area contributed by atoms with Gasteiger partial charge >= 0.3 is 0 Å². The van der Waals surface area contributed by atoms with Crippen LogP contribution in [0.1, 0.15) is 23.2 Å². The number of ether oxygens (including phenoxy) is 2. The number of nitrogens with one attached hydrogen (secondary N) is 1. The maximum absolute atomic E-state index is 12.0. The van der Waals surface area contributed by atoms with Crippen molar-refractivity contribution in [2.45, 2.75) is 19.6 Å². The first-order valence-corrected chi connectivity index (χ1v) is 6.88. The van der Waals surface area contributed by atoms with Gasteiger partial charge in [0.25, 0.3) is 5.91 Å². The minimum atomic E-state index is -0.188. The van der Waals surface area contributed by atoms with Gasteiger partial charge in [0, 0.05) is 32.8 Å². The molecule has 1 N–H and O–H groups in total. The summed E-state index contributed by atoms with van der Waals surface area (Å²) < 4.78 is 15.7. The maximum Gasteiger partial charge on any atom is 0.287 e. The van der Waals surface area contributed by atoms with Gasteiger partial charge in [0.1, 0.15) is 12.4 Å². The molecule has 1 fully saturated rings. The summed E-state index contributed by atoms with van der Waals surface area (Å²) in [5.41, 5.74) is 0. The lowest BCUT2D eigenvalue weighted by Crippen LogP contribution is -2.47. The third-order valence-electron chi connectivity index (χ3n) is 3.40. The molecule has 1 aliphatic heterocycles. The Morgan fingerprint density at radius 3 is 2.90 bits per heavy atom. The molecular formula is C14H22N2O4. The Labute approximate surface area is 119 Å². The van der Waals surface area contributed by atoms with E-state index in [1.54, 1.807) is 19.2 Å². The van der Waals surface area contributed by atoms with E-state index in [-0.39, 0.29) is 11.9 Å². The average molecular weight is 282 g/mol. The van der Waals surface area contributed by atoms with Crippen molar-refractivity contribution in [3.8, 4) is 0 Å². The van der Waals surface area contributed by atoms with E-state index in [9.17, 15) is 4.79 Å². The van der Waals surface area contributed by atoms with Gasteiger partial charge in [-0.05, 0) is 19.1 Å². The van der Waals surface area contributed by atoms with E-state index in [1.807, 2.05) is 0 Å².